The Balaban J connectivity index is 1.63. The summed E-state index contributed by atoms with van der Waals surface area (Å²) in [7, 11) is 0. The summed E-state index contributed by atoms with van der Waals surface area (Å²) in [4.78, 5) is 13.5. The molecule has 0 spiro atoms. The van der Waals surface area contributed by atoms with E-state index in [-0.39, 0.29) is 11.8 Å². The topological polar surface area (TPSA) is 58.4 Å². The molecule has 2 aromatic carbocycles. The molecule has 5 heteroatoms. The maximum Gasteiger partial charge on any atom is 0.225 e. The van der Waals surface area contributed by atoms with Crippen molar-refractivity contribution in [3.05, 3.63) is 72.1 Å². The molecule has 27 heavy (non-hydrogen) atoms. The predicted octanol–water partition coefficient (Wildman–Crippen LogP) is 3.46. The molecule has 0 saturated heterocycles. The van der Waals surface area contributed by atoms with Gasteiger partial charge in [0.05, 0.1) is 12.7 Å². The lowest BCUT2D eigenvalue weighted by Crippen LogP contribution is -2.47. The molecular weight excluding hydrogens is 338 g/mol. The highest BCUT2D eigenvalue weighted by Gasteiger charge is 2.32. The SMILES string of the molecule is CC(=O)N1c2ccc(-c3cnn(Cc4ccccc4)c3)cc2CC(C)C1O. The Morgan fingerprint density at radius 2 is 1.96 bits per heavy atom. The Bertz CT molecular complexity index is 965. The number of carbonyl (C=O) groups is 1. The second-order valence-corrected chi connectivity index (χ2v) is 7.24. The fraction of sp³-hybridized carbons (Fsp3) is 0.273. The molecule has 0 saturated carbocycles. The molecule has 1 amide bonds. The number of aliphatic hydroxyl groups excluding tert-OH is 1. The van der Waals surface area contributed by atoms with Crippen LogP contribution in [0.3, 0.4) is 0 Å². The van der Waals surface area contributed by atoms with Crippen LogP contribution in [0.15, 0.2) is 60.9 Å². The van der Waals surface area contributed by atoms with Crippen molar-refractivity contribution in [2.45, 2.75) is 33.0 Å². The van der Waals surface area contributed by atoms with E-state index in [1.165, 1.54) is 17.4 Å². The van der Waals surface area contributed by atoms with Gasteiger partial charge in [-0.2, -0.15) is 5.10 Å². The number of carbonyl (C=O) groups excluding carboxylic acids is 1. The first-order valence-corrected chi connectivity index (χ1v) is 9.20. The van der Waals surface area contributed by atoms with Crippen LogP contribution in [0.5, 0.6) is 0 Å². The number of nitrogens with zero attached hydrogens (tertiary/aromatic N) is 3. The van der Waals surface area contributed by atoms with Gasteiger partial charge in [-0.1, -0.05) is 43.3 Å². The molecule has 4 rings (SSSR count). The summed E-state index contributed by atoms with van der Waals surface area (Å²) in [5.41, 5.74) is 5.20. The summed E-state index contributed by atoms with van der Waals surface area (Å²) in [5.74, 6) is -0.142. The highest BCUT2D eigenvalue weighted by Crippen LogP contribution is 2.35. The first-order valence-electron chi connectivity index (χ1n) is 9.20. The van der Waals surface area contributed by atoms with Gasteiger partial charge in [0.15, 0.2) is 0 Å². The molecule has 5 nitrogen and oxygen atoms in total. The average molecular weight is 361 g/mol. The van der Waals surface area contributed by atoms with Crippen LogP contribution in [0, 0.1) is 5.92 Å². The number of benzene rings is 2. The van der Waals surface area contributed by atoms with Gasteiger partial charge < -0.3 is 5.11 Å². The lowest BCUT2D eigenvalue weighted by molar-refractivity contribution is -0.119. The van der Waals surface area contributed by atoms with Crippen molar-refractivity contribution in [2.24, 2.45) is 5.92 Å². The van der Waals surface area contributed by atoms with Crippen LogP contribution in [-0.4, -0.2) is 27.0 Å². The van der Waals surface area contributed by atoms with E-state index in [0.29, 0.717) is 0 Å². The Morgan fingerprint density at radius 1 is 1.19 bits per heavy atom. The average Bonchev–Trinajstić information content (AvgIpc) is 3.11. The van der Waals surface area contributed by atoms with E-state index < -0.39 is 6.23 Å². The molecule has 2 unspecified atom stereocenters. The van der Waals surface area contributed by atoms with Crippen molar-refractivity contribution in [1.82, 2.24) is 9.78 Å². The molecule has 1 aliphatic rings. The Hall–Kier alpha value is -2.92. The standard InChI is InChI=1S/C22H23N3O2/c1-15-10-19-11-18(8-9-21(19)25(16(2)26)22(15)27)20-12-23-24(14-20)13-17-6-4-3-5-7-17/h3-9,11-12,14-15,22,27H,10,13H2,1-2H3. The smallest absolute Gasteiger partial charge is 0.225 e. The first kappa shape index (κ1) is 17.5. The Kier molecular flexibility index (Phi) is 4.54. The fourth-order valence-corrected chi connectivity index (χ4v) is 3.74. The maximum atomic E-state index is 12.0. The van der Waals surface area contributed by atoms with E-state index >= 15 is 0 Å². The van der Waals surface area contributed by atoms with E-state index in [0.717, 1.165) is 35.3 Å². The molecule has 2 heterocycles. The van der Waals surface area contributed by atoms with E-state index in [1.807, 2.05) is 54.3 Å². The van der Waals surface area contributed by atoms with Gasteiger partial charge in [0, 0.05) is 30.3 Å². The normalized spacial score (nSPS) is 19.0. The number of rotatable bonds is 3. The highest BCUT2D eigenvalue weighted by atomic mass is 16.3. The summed E-state index contributed by atoms with van der Waals surface area (Å²) in [5, 5.41) is 14.9. The van der Waals surface area contributed by atoms with Crippen molar-refractivity contribution in [3.8, 4) is 11.1 Å². The van der Waals surface area contributed by atoms with E-state index in [2.05, 4.69) is 23.3 Å². The van der Waals surface area contributed by atoms with Crippen LogP contribution in [0.4, 0.5) is 5.69 Å². The summed E-state index contributed by atoms with van der Waals surface area (Å²) in [6, 6.07) is 16.3. The predicted molar refractivity (Wildman–Crippen MR) is 105 cm³/mol. The number of anilines is 1. The van der Waals surface area contributed by atoms with Crippen LogP contribution in [0.25, 0.3) is 11.1 Å². The first-order chi connectivity index (χ1) is 13.0. The molecule has 1 aromatic heterocycles. The van der Waals surface area contributed by atoms with Gasteiger partial charge in [0.1, 0.15) is 6.23 Å². The molecule has 1 N–H and O–H groups in total. The number of hydrogen-bond acceptors (Lipinski definition) is 3. The van der Waals surface area contributed by atoms with E-state index in [9.17, 15) is 9.90 Å². The molecule has 1 aliphatic heterocycles. The Morgan fingerprint density at radius 3 is 2.70 bits per heavy atom. The minimum absolute atomic E-state index is 0.00236. The zero-order valence-corrected chi connectivity index (χ0v) is 15.5. The van der Waals surface area contributed by atoms with Gasteiger partial charge >= 0.3 is 0 Å². The summed E-state index contributed by atoms with van der Waals surface area (Å²) in [6.07, 6.45) is 3.88. The van der Waals surface area contributed by atoms with Crippen molar-refractivity contribution >= 4 is 11.6 Å². The third kappa shape index (κ3) is 3.38. The molecule has 138 valence electrons. The monoisotopic (exact) mass is 361 g/mol. The van der Waals surface area contributed by atoms with Crippen LogP contribution in [-0.2, 0) is 17.8 Å². The quantitative estimate of drug-likeness (QED) is 0.777. The van der Waals surface area contributed by atoms with Crippen LogP contribution < -0.4 is 4.90 Å². The van der Waals surface area contributed by atoms with Crippen LogP contribution >= 0.6 is 0 Å². The minimum atomic E-state index is -0.769. The van der Waals surface area contributed by atoms with Gasteiger partial charge in [0.25, 0.3) is 0 Å². The second kappa shape index (κ2) is 7.00. The highest BCUT2D eigenvalue weighted by molar-refractivity contribution is 5.93. The lowest BCUT2D eigenvalue weighted by atomic mass is 9.90. The maximum absolute atomic E-state index is 12.0. The van der Waals surface area contributed by atoms with E-state index in [4.69, 9.17) is 0 Å². The molecule has 0 bridgehead atoms. The lowest BCUT2D eigenvalue weighted by Gasteiger charge is -2.37. The van der Waals surface area contributed by atoms with Crippen molar-refractivity contribution in [1.29, 1.82) is 0 Å². The number of hydrogen-bond donors (Lipinski definition) is 1. The number of aromatic nitrogens is 2. The molecular formula is C22H23N3O2. The van der Waals surface area contributed by atoms with Crippen molar-refractivity contribution in [3.63, 3.8) is 0 Å². The van der Waals surface area contributed by atoms with Crippen LogP contribution in [0.2, 0.25) is 0 Å². The van der Waals surface area contributed by atoms with Gasteiger partial charge in [-0.15, -0.1) is 0 Å². The van der Waals surface area contributed by atoms with E-state index in [1.54, 1.807) is 0 Å². The largest absolute Gasteiger partial charge is 0.373 e. The number of amides is 1. The third-order valence-electron chi connectivity index (χ3n) is 5.15. The van der Waals surface area contributed by atoms with Crippen molar-refractivity contribution in [2.75, 3.05) is 4.90 Å². The number of fused-ring (bicyclic) bond motifs is 1. The fourth-order valence-electron chi connectivity index (χ4n) is 3.74. The molecule has 0 aliphatic carbocycles. The summed E-state index contributed by atoms with van der Waals surface area (Å²) < 4.78 is 1.93. The number of aliphatic hydroxyl groups is 1. The molecule has 0 fully saturated rings. The van der Waals surface area contributed by atoms with Gasteiger partial charge in [-0.05, 0) is 35.2 Å². The van der Waals surface area contributed by atoms with Gasteiger partial charge in [-0.25, -0.2) is 0 Å². The third-order valence-corrected chi connectivity index (χ3v) is 5.15. The van der Waals surface area contributed by atoms with Gasteiger partial charge in [0.2, 0.25) is 5.91 Å². The molecule has 0 radical (unpaired) electrons. The molecule has 2 atom stereocenters. The van der Waals surface area contributed by atoms with Crippen molar-refractivity contribution < 1.29 is 9.90 Å². The zero-order valence-electron chi connectivity index (χ0n) is 15.5. The second-order valence-electron chi connectivity index (χ2n) is 7.24. The minimum Gasteiger partial charge on any atom is -0.373 e. The molecule has 3 aromatic rings. The van der Waals surface area contributed by atoms with Crippen LogP contribution in [0.1, 0.15) is 25.0 Å². The Labute approximate surface area is 158 Å². The summed E-state index contributed by atoms with van der Waals surface area (Å²) >= 11 is 0. The van der Waals surface area contributed by atoms with Gasteiger partial charge in [-0.3, -0.25) is 14.4 Å². The zero-order chi connectivity index (χ0) is 19.0. The summed E-state index contributed by atoms with van der Waals surface area (Å²) in [6.45, 7) is 4.19.